The van der Waals surface area contributed by atoms with Gasteiger partial charge in [-0.15, -0.1) is 0 Å². The first kappa shape index (κ1) is 12.1. The van der Waals surface area contributed by atoms with Gasteiger partial charge in [-0.3, -0.25) is 4.79 Å². The van der Waals surface area contributed by atoms with Gasteiger partial charge in [0.1, 0.15) is 0 Å². The number of carbonyl (C=O) groups excluding carboxylic acids is 1. The zero-order valence-corrected chi connectivity index (χ0v) is 9.53. The lowest BCUT2D eigenvalue weighted by Gasteiger charge is -2.18. The summed E-state index contributed by atoms with van der Waals surface area (Å²) in [6.45, 7) is 2.81. The standard InChI is InChI=1S/C12H15N3O/c1-3-14-12(16)9-15(2)11-6-4-5-10(7-11)8-13/h4-7H,3,9H2,1-2H3,(H,14,16). The molecule has 0 unspecified atom stereocenters. The average molecular weight is 217 g/mol. The first-order chi connectivity index (χ1) is 7.67. The first-order valence-corrected chi connectivity index (χ1v) is 5.15. The highest BCUT2D eigenvalue weighted by atomic mass is 16.1. The molecular formula is C12H15N3O. The molecule has 1 aromatic carbocycles. The molecule has 4 heteroatoms. The van der Waals surface area contributed by atoms with Gasteiger partial charge in [-0.05, 0) is 25.1 Å². The van der Waals surface area contributed by atoms with Crippen LogP contribution in [0.25, 0.3) is 0 Å². The van der Waals surface area contributed by atoms with E-state index in [0.717, 1.165) is 5.69 Å². The quantitative estimate of drug-likeness (QED) is 0.822. The van der Waals surface area contributed by atoms with Crippen molar-refractivity contribution < 1.29 is 4.79 Å². The highest BCUT2D eigenvalue weighted by Crippen LogP contribution is 2.13. The fourth-order valence-corrected chi connectivity index (χ4v) is 1.37. The smallest absolute Gasteiger partial charge is 0.239 e. The van der Waals surface area contributed by atoms with Gasteiger partial charge in [0.05, 0.1) is 18.2 Å². The van der Waals surface area contributed by atoms with E-state index in [9.17, 15) is 4.79 Å². The molecule has 0 saturated heterocycles. The zero-order valence-electron chi connectivity index (χ0n) is 9.53. The molecule has 1 N–H and O–H groups in total. The van der Waals surface area contributed by atoms with Gasteiger partial charge in [0, 0.05) is 19.3 Å². The molecule has 1 amide bonds. The molecule has 0 aliphatic rings. The molecule has 1 aromatic rings. The van der Waals surface area contributed by atoms with E-state index in [1.807, 2.05) is 31.0 Å². The van der Waals surface area contributed by atoms with Crippen LogP contribution in [0.5, 0.6) is 0 Å². The van der Waals surface area contributed by atoms with Crippen LogP contribution in [0.2, 0.25) is 0 Å². The van der Waals surface area contributed by atoms with Crippen LogP contribution in [0, 0.1) is 11.3 Å². The maximum atomic E-state index is 11.4. The van der Waals surface area contributed by atoms with Crippen LogP contribution in [0.1, 0.15) is 12.5 Å². The van der Waals surface area contributed by atoms with Crippen molar-refractivity contribution in [1.29, 1.82) is 5.26 Å². The van der Waals surface area contributed by atoms with Gasteiger partial charge in [-0.2, -0.15) is 5.26 Å². The monoisotopic (exact) mass is 217 g/mol. The fraction of sp³-hybridized carbons (Fsp3) is 0.333. The molecule has 4 nitrogen and oxygen atoms in total. The second-order valence-corrected chi connectivity index (χ2v) is 3.47. The third kappa shape index (κ3) is 3.28. The fourth-order valence-electron chi connectivity index (χ4n) is 1.37. The van der Waals surface area contributed by atoms with Crippen molar-refractivity contribution in [2.45, 2.75) is 6.92 Å². The number of carbonyl (C=O) groups is 1. The van der Waals surface area contributed by atoms with Crippen molar-refractivity contribution in [3.05, 3.63) is 29.8 Å². The predicted molar refractivity (Wildman–Crippen MR) is 63.1 cm³/mol. The summed E-state index contributed by atoms with van der Waals surface area (Å²) in [5.74, 6) is -0.0210. The summed E-state index contributed by atoms with van der Waals surface area (Å²) in [6, 6.07) is 9.26. The number of anilines is 1. The third-order valence-electron chi connectivity index (χ3n) is 2.17. The second-order valence-electron chi connectivity index (χ2n) is 3.47. The topological polar surface area (TPSA) is 56.1 Å². The molecule has 0 radical (unpaired) electrons. The number of hydrogen-bond donors (Lipinski definition) is 1. The summed E-state index contributed by atoms with van der Waals surface area (Å²) >= 11 is 0. The molecule has 84 valence electrons. The number of nitrogens with zero attached hydrogens (tertiary/aromatic N) is 2. The molecule has 0 heterocycles. The molecule has 0 aromatic heterocycles. The van der Waals surface area contributed by atoms with Crippen molar-refractivity contribution in [1.82, 2.24) is 5.32 Å². The van der Waals surface area contributed by atoms with E-state index in [2.05, 4.69) is 11.4 Å². The van der Waals surface area contributed by atoms with Crippen molar-refractivity contribution in [2.75, 3.05) is 25.0 Å². The van der Waals surface area contributed by atoms with Gasteiger partial charge < -0.3 is 10.2 Å². The first-order valence-electron chi connectivity index (χ1n) is 5.15. The summed E-state index contributed by atoms with van der Waals surface area (Å²) in [5, 5.41) is 11.5. The summed E-state index contributed by atoms with van der Waals surface area (Å²) < 4.78 is 0. The molecule has 1 rings (SSSR count). The minimum absolute atomic E-state index is 0.0210. The average Bonchev–Trinajstić information content (AvgIpc) is 2.29. The highest BCUT2D eigenvalue weighted by molar-refractivity contribution is 5.81. The Morgan fingerprint density at radius 1 is 1.56 bits per heavy atom. The van der Waals surface area contributed by atoms with Crippen molar-refractivity contribution in [2.24, 2.45) is 0 Å². The van der Waals surface area contributed by atoms with Gasteiger partial charge >= 0.3 is 0 Å². The Morgan fingerprint density at radius 3 is 2.94 bits per heavy atom. The van der Waals surface area contributed by atoms with E-state index >= 15 is 0 Å². The normalized spacial score (nSPS) is 9.31. The minimum atomic E-state index is -0.0210. The van der Waals surface area contributed by atoms with Crippen molar-refractivity contribution in [3.8, 4) is 6.07 Å². The Labute approximate surface area is 95.5 Å². The molecule has 0 atom stereocenters. The maximum Gasteiger partial charge on any atom is 0.239 e. The zero-order chi connectivity index (χ0) is 12.0. The van der Waals surface area contributed by atoms with E-state index in [-0.39, 0.29) is 5.91 Å². The van der Waals surface area contributed by atoms with Crippen molar-refractivity contribution in [3.63, 3.8) is 0 Å². The number of nitriles is 1. The highest BCUT2D eigenvalue weighted by Gasteiger charge is 2.06. The van der Waals surface area contributed by atoms with Crippen LogP contribution >= 0.6 is 0 Å². The number of rotatable bonds is 4. The number of amides is 1. The van der Waals surface area contributed by atoms with Gasteiger partial charge in [0.25, 0.3) is 0 Å². The lowest BCUT2D eigenvalue weighted by Crippen LogP contribution is -2.34. The number of hydrogen-bond acceptors (Lipinski definition) is 3. The molecule has 0 bridgehead atoms. The molecule has 0 saturated carbocycles. The van der Waals surface area contributed by atoms with Crippen LogP contribution in [0.4, 0.5) is 5.69 Å². The largest absolute Gasteiger partial charge is 0.365 e. The summed E-state index contributed by atoms with van der Waals surface area (Å²) in [7, 11) is 1.83. The Bertz CT molecular complexity index is 409. The SMILES string of the molecule is CCNC(=O)CN(C)c1cccc(C#N)c1. The maximum absolute atomic E-state index is 11.4. The Hall–Kier alpha value is -2.02. The molecule has 0 fully saturated rings. The van der Waals surface area contributed by atoms with E-state index in [1.54, 1.807) is 12.1 Å². The summed E-state index contributed by atoms with van der Waals surface area (Å²) in [6.07, 6.45) is 0. The third-order valence-corrected chi connectivity index (χ3v) is 2.17. The Kier molecular flexibility index (Phi) is 4.34. The Balaban J connectivity index is 2.69. The van der Waals surface area contributed by atoms with Gasteiger partial charge in [0.15, 0.2) is 0 Å². The van der Waals surface area contributed by atoms with E-state index in [4.69, 9.17) is 5.26 Å². The van der Waals surface area contributed by atoms with Gasteiger partial charge in [-0.25, -0.2) is 0 Å². The van der Waals surface area contributed by atoms with Crippen LogP contribution in [0.3, 0.4) is 0 Å². The number of nitrogens with one attached hydrogen (secondary N) is 1. The molecule has 16 heavy (non-hydrogen) atoms. The van der Waals surface area contributed by atoms with Crippen molar-refractivity contribution >= 4 is 11.6 Å². The molecule has 0 aliphatic carbocycles. The lowest BCUT2D eigenvalue weighted by atomic mass is 10.2. The van der Waals surface area contributed by atoms with Crippen LogP contribution < -0.4 is 10.2 Å². The van der Waals surface area contributed by atoms with Crippen LogP contribution in [-0.2, 0) is 4.79 Å². The second kappa shape index (κ2) is 5.76. The number of benzene rings is 1. The lowest BCUT2D eigenvalue weighted by molar-refractivity contribution is -0.119. The Morgan fingerprint density at radius 2 is 2.31 bits per heavy atom. The summed E-state index contributed by atoms with van der Waals surface area (Å²) in [4.78, 5) is 13.2. The molecular weight excluding hydrogens is 202 g/mol. The van der Waals surface area contributed by atoms with Gasteiger partial charge in [-0.1, -0.05) is 6.07 Å². The summed E-state index contributed by atoms with van der Waals surface area (Å²) in [5.41, 5.74) is 1.46. The van der Waals surface area contributed by atoms with Crippen LogP contribution in [-0.4, -0.2) is 26.0 Å². The minimum Gasteiger partial charge on any atom is -0.365 e. The van der Waals surface area contributed by atoms with Crippen LogP contribution in [0.15, 0.2) is 24.3 Å². The van der Waals surface area contributed by atoms with E-state index < -0.39 is 0 Å². The van der Waals surface area contributed by atoms with E-state index in [0.29, 0.717) is 18.7 Å². The van der Waals surface area contributed by atoms with E-state index in [1.165, 1.54) is 0 Å². The number of likely N-dealkylation sites (N-methyl/N-ethyl adjacent to an activating group) is 2. The predicted octanol–water partition coefficient (Wildman–Crippen LogP) is 1.13. The molecule has 0 aliphatic heterocycles. The van der Waals surface area contributed by atoms with Gasteiger partial charge in [0.2, 0.25) is 5.91 Å². The molecule has 0 spiro atoms.